The molecule has 0 aliphatic rings. The molecule has 1 aromatic heterocycles. The van der Waals surface area contributed by atoms with Crippen LogP contribution < -0.4 is 10.0 Å². The summed E-state index contributed by atoms with van der Waals surface area (Å²) in [6.45, 7) is 4.95. The topological polar surface area (TPSA) is 84.0 Å². The second kappa shape index (κ2) is 6.91. The van der Waals surface area contributed by atoms with E-state index >= 15 is 0 Å². The highest BCUT2D eigenvalue weighted by atomic mass is 32.2. The zero-order valence-electron chi connectivity index (χ0n) is 10.7. The van der Waals surface area contributed by atoms with E-state index in [1.807, 2.05) is 20.1 Å². The fourth-order valence-corrected chi connectivity index (χ4v) is 2.47. The monoisotopic (exact) mass is 290 g/mol. The van der Waals surface area contributed by atoms with Gasteiger partial charge in [0.15, 0.2) is 0 Å². The van der Waals surface area contributed by atoms with Crippen molar-refractivity contribution in [2.75, 3.05) is 24.7 Å². The van der Waals surface area contributed by atoms with Gasteiger partial charge < -0.3 is 5.32 Å². The number of hydrogen-bond acceptors (Lipinski definition) is 6. The SMILES string of the molecule is CCNc1ncc(S(=O)(=O)NCC(C)SC)cn1. The van der Waals surface area contributed by atoms with Crippen LogP contribution in [0.4, 0.5) is 5.95 Å². The summed E-state index contributed by atoms with van der Waals surface area (Å²) in [7, 11) is -3.51. The normalized spacial score (nSPS) is 13.3. The molecule has 0 aliphatic carbocycles. The van der Waals surface area contributed by atoms with Crippen molar-refractivity contribution in [1.29, 1.82) is 0 Å². The van der Waals surface area contributed by atoms with E-state index in [1.165, 1.54) is 12.4 Å². The van der Waals surface area contributed by atoms with Gasteiger partial charge in [-0.2, -0.15) is 11.8 Å². The lowest BCUT2D eigenvalue weighted by atomic mass is 10.5. The van der Waals surface area contributed by atoms with E-state index in [4.69, 9.17) is 0 Å². The van der Waals surface area contributed by atoms with Crippen LogP contribution in [0.25, 0.3) is 0 Å². The van der Waals surface area contributed by atoms with Crippen molar-refractivity contribution in [2.45, 2.75) is 24.0 Å². The van der Waals surface area contributed by atoms with Gasteiger partial charge in [-0.15, -0.1) is 0 Å². The first kappa shape index (κ1) is 15.2. The predicted octanol–water partition coefficient (Wildman–Crippen LogP) is 0.938. The standard InChI is InChI=1S/C10H18N4O2S2/c1-4-11-10-12-6-9(7-13-10)18(15,16)14-5-8(2)17-3/h6-8,14H,4-5H2,1-3H3,(H,11,12,13). The molecule has 102 valence electrons. The second-order valence-corrected chi connectivity index (χ2v) is 6.71. The number of nitrogens with one attached hydrogen (secondary N) is 2. The summed E-state index contributed by atoms with van der Waals surface area (Å²) in [4.78, 5) is 7.95. The Morgan fingerprint density at radius 3 is 2.50 bits per heavy atom. The molecule has 0 saturated heterocycles. The highest BCUT2D eigenvalue weighted by molar-refractivity contribution is 7.99. The molecule has 0 aliphatic heterocycles. The maximum atomic E-state index is 11.9. The fourth-order valence-electron chi connectivity index (χ4n) is 1.10. The number of aromatic nitrogens is 2. The van der Waals surface area contributed by atoms with E-state index in [1.54, 1.807) is 11.8 Å². The molecule has 2 N–H and O–H groups in total. The van der Waals surface area contributed by atoms with Crippen LogP contribution in [0.2, 0.25) is 0 Å². The molecule has 1 atom stereocenters. The maximum Gasteiger partial charge on any atom is 0.243 e. The van der Waals surface area contributed by atoms with Crippen molar-refractivity contribution < 1.29 is 8.42 Å². The van der Waals surface area contributed by atoms with Crippen LogP contribution in [-0.2, 0) is 10.0 Å². The highest BCUT2D eigenvalue weighted by Crippen LogP contribution is 2.09. The molecule has 1 heterocycles. The predicted molar refractivity (Wildman–Crippen MR) is 74.4 cm³/mol. The Labute approximate surface area is 112 Å². The summed E-state index contributed by atoms with van der Waals surface area (Å²) in [5.41, 5.74) is 0. The van der Waals surface area contributed by atoms with Gasteiger partial charge in [-0.25, -0.2) is 23.1 Å². The van der Waals surface area contributed by atoms with Gasteiger partial charge in [0.2, 0.25) is 16.0 Å². The maximum absolute atomic E-state index is 11.9. The second-order valence-electron chi connectivity index (χ2n) is 3.67. The summed E-state index contributed by atoms with van der Waals surface area (Å²) >= 11 is 1.60. The summed E-state index contributed by atoms with van der Waals surface area (Å²) in [5.74, 6) is 0.425. The molecule has 0 bridgehead atoms. The number of sulfonamides is 1. The minimum absolute atomic E-state index is 0.0810. The van der Waals surface area contributed by atoms with Gasteiger partial charge in [-0.3, -0.25) is 0 Å². The summed E-state index contributed by atoms with van der Waals surface area (Å²) in [5, 5.41) is 3.13. The third-order valence-electron chi connectivity index (χ3n) is 2.24. The van der Waals surface area contributed by atoms with Crippen LogP contribution in [0, 0.1) is 0 Å². The summed E-state index contributed by atoms with van der Waals surface area (Å²) < 4.78 is 26.3. The van der Waals surface area contributed by atoms with Gasteiger partial charge in [0, 0.05) is 18.3 Å². The van der Waals surface area contributed by atoms with E-state index in [9.17, 15) is 8.42 Å². The fraction of sp³-hybridized carbons (Fsp3) is 0.600. The molecule has 8 heteroatoms. The average molecular weight is 290 g/mol. The Hall–Kier alpha value is -0.860. The number of thioether (sulfide) groups is 1. The quantitative estimate of drug-likeness (QED) is 0.777. The van der Waals surface area contributed by atoms with Crippen LogP contribution in [-0.4, -0.2) is 43.0 Å². The van der Waals surface area contributed by atoms with Gasteiger partial charge in [0.25, 0.3) is 0 Å². The molecule has 0 saturated carbocycles. The largest absolute Gasteiger partial charge is 0.355 e. The number of anilines is 1. The van der Waals surface area contributed by atoms with Gasteiger partial charge in [-0.1, -0.05) is 6.92 Å². The molecule has 0 radical (unpaired) electrons. The first-order valence-electron chi connectivity index (χ1n) is 5.58. The zero-order chi connectivity index (χ0) is 13.6. The first-order valence-corrected chi connectivity index (χ1v) is 8.35. The molecular formula is C10H18N4O2S2. The lowest BCUT2D eigenvalue weighted by Gasteiger charge is -2.10. The Morgan fingerprint density at radius 2 is 2.00 bits per heavy atom. The Bertz CT molecular complexity index is 461. The van der Waals surface area contributed by atoms with Crippen LogP contribution in [0.3, 0.4) is 0 Å². The van der Waals surface area contributed by atoms with Crippen molar-refractivity contribution in [3.05, 3.63) is 12.4 Å². The zero-order valence-corrected chi connectivity index (χ0v) is 12.3. The van der Waals surface area contributed by atoms with E-state index in [-0.39, 0.29) is 10.1 Å². The molecule has 1 unspecified atom stereocenters. The Balaban J connectivity index is 2.72. The highest BCUT2D eigenvalue weighted by Gasteiger charge is 2.15. The average Bonchev–Trinajstić information content (AvgIpc) is 2.37. The molecule has 0 spiro atoms. The minimum atomic E-state index is -3.51. The van der Waals surface area contributed by atoms with Crippen molar-refractivity contribution in [3.63, 3.8) is 0 Å². The third kappa shape index (κ3) is 4.43. The van der Waals surface area contributed by atoms with Gasteiger partial charge in [-0.05, 0) is 13.2 Å². The van der Waals surface area contributed by atoms with Crippen molar-refractivity contribution in [1.82, 2.24) is 14.7 Å². The van der Waals surface area contributed by atoms with Crippen molar-refractivity contribution in [2.24, 2.45) is 0 Å². The third-order valence-corrected chi connectivity index (χ3v) is 4.59. The van der Waals surface area contributed by atoms with Gasteiger partial charge >= 0.3 is 0 Å². The smallest absolute Gasteiger partial charge is 0.243 e. The van der Waals surface area contributed by atoms with E-state index in [0.29, 0.717) is 19.0 Å². The lowest BCUT2D eigenvalue weighted by Crippen LogP contribution is -2.29. The van der Waals surface area contributed by atoms with E-state index in [2.05, 4.69) is 20.0 Å². The number of hydrogen-bond donors (Lipinski definition) is 2. The van der Waals surface area contributed by atoms with Gasteiger partial charge in [0.1, 0.15) is 4.90 Å². The van der Waals surface area contributed by atoms with Crippen molar-refractivity contribution in [3.8, 4) is 0 Å². The molecule has 6 nitrogen and oxygen atoms in total. The number of nitrogens with zero attached hydrogens (tertiary/aromatic N) is 2. The van der Waals surface area contributed by atoms with Crippen LogP contribution in [0.5, 0.6) is 0 Å². The van der Waals surface area contributed by atoms with Gasteiger partial charge in [0.05, 0.1) is 12.4 Å². The summed E-state index contributed by atoms with van der Waals surface area (Å²) in [6.07, 6.45) is 4.54. The summed E-state index contributed by atoms with van der Waals surface area (Å²) in [6, 6.07) is 0. The van der Waals surface area contributed by atoms with Crippen LogP contribution >= 0.6 is 11.8 Å². The van der Waals surface area contributed by atoms with Crippen LogP contribution in [0.1, 0.15) is 13.8 Å². The Morgan fingerprint density at radius 1 is 1.39 bits per heavy atom. The minimum Gasteiger partial charge on any atom is -0.355 e. The molecular weight excluding hydrogens is 272 g/mol. The first-order chi connectivity index (χ1) is 8.49. The van der Waals surface area contributed by atoms with E-state index < -0.39 is 10.0 Å². The molecule has 1 aromatic rings. The molecule has 18 heavy (non-hydrogen) atoms. The molecule has 0 fully saturated rings. The molecule has 1 rings (SSSR count). The molecule has 0 amide bonds. The van der Waals surface area contributed by atoms with E-state index in [0.717, 1.165) is 0 Å². The lowest BCUT2D eigenvalue weighted by molar-refractivity contribution is 0.580. The Kier molecular flexibility index (Phi) is 5.83. The van der Waals surface area contributed by atoms with Crippen molar-refractivity contribution >= 4 is 27.7 Å². The van der Waals surface area contributed by atoms with Crippen LogP contribution in [0.15, 0.2) is 17.3 Å². The number of rotatable bonds is 7. The molecule has 0 aromatic carbocycles.